The van der Waals surface area contributed by atoms with E-state index < -0.39 is 0 Å². The Morgan fingerprint density at radius 2 is 1.86 bits per heavy atom. The zero-order chi connectivity index (χ0) is 15.2. The van der Waals surface area contributed by atoms with Gasteiger partial charge < -0.3 is 10.2 Å². The third-order valence-corrected chi connectivity index (χ3v) is 4.45. The number of anilines is 2. The Kier molecular flexibility index (Phi) is 5.83. The first kappa shape index (κ1) is 16.1. The van der Waals surface area contributed by atoms with Gasteiger partial charge in [0.05, 0.1) is 0 Å². The van der Waals surface area contributed by atoms with Crippen molar-refractivity contribution in [2.45, 2.75) is 59.3 Å². The molecule has 1 aromatic rings. The first-order valence-corrected chi connectivity index (χ1v) is 8.48. The molecule has 2 rings (SSSR count). The summed E-state index contributed by atoms with van der Waals surface area (Å²) in [5, 5.41) is 3.37. The molecule has 4 heteroatoms. The van der Waals surface area contributed by atoms with Gasteiger partial charge in [-0.05, 0) is 32.6 Å². The summed E-state index contributed by atoms with van der Waals surface area (Å²) in [6.07, 6.45) is 7.82. The van der Waals surface area contributed by atoms with Crippen molar-refractivity contribution in [3.05, 3.63) is 11.4 Å². The minimum absolute atomic E-state index is 0.825. The number of rotatable bonds is 6. The van der Waals surface area contributed by atoms with Gasteiger partial charge in [-0.1, -0.05) is 26.2 Å². The lowest BCUT2D eigenvalue weighted by molar-refractivity contribution is 0.361. The van der Waals surface area contributed by atoms with E-state index in [9.17, 15) is 0 Å². The highest BCUT2D eigenvalue weighted by molar-refractivity contribution is 5.58. The van der Waals surface area contributed by atoms with Crippen LogP contribution in [0.4, 0.5) is 11.6 Å². The Hall–Kier alpha value is -1.32. The molecule has 1 N–H and O–H groups in total. The number of aromatic nitrogens is 2. The lowest BCUT2D eigenvalue weighted by Crippen LogP contribution is -2.29. The van der Waals surface area contributed by atoms with Crippen molar-refractivity contribution in [1.29, 1.82) is 0 Å². The van der Waals surface area contributed by atoms with E-state index in [1.165, 1.54) is 37.7 Å². The van der Waals surface area contributed by atoms with Gasteiger partial charge in [0.25, 0.3) is 0 Å². The quantitative estimate of drug-likeness (QED) is 0.865. The maximum Gasteiger partial charge on any atom is 0.137 e. The van der Waals surface area contributed by atoms with Gasteiger partial charge in [-0.15, -0.1) is 0 Å². The van der Waals surface area contributed by atoms with E-state index in [2.05, 4.69) is 43.0 Å². The van der Waals surface area contributed by atoms with E-state index in [-0.39, 0.29) is 0 Å². The van der Waals surface area contributed by atoms with E-state index in [4.69, 9.17) is 4.98 Å². The Morgan fingerprint density at radius 3 is 2.48 bits per heavy atom. The molecule has 0 spiro atoms. The molecule has 1 heterocycles. The van der Waals surface area contributed by atoms with Crippen LogP contribution in [0.1, 0.15) is 57.3 Å². The lowest BCUT2D eigenvalue weighted by atomic mass is 9.89. The molecular weight excluding hydrogens is 260 g/mol. The number of hydrogen-bond donors (Lipinski definition) is 1. The van der Waals surface area contributed by atoms with Gasteiger partial charge in [-0.25, -0.2) is 9.97 Å². The van der Waals surface area contributed by atoms with Crippen LogP contribution < -0.4 is 10.2 Å². The maximum atomic E-state index is 4.77. The van der Waals surface area contributed by atoms with E-state index in [1.54, 1.807) is 0 Å². The molecule has 0 atom stereocenters. The molecule has 21 heavy (non-hydrogen) atoms. The van der Waals surface area contributed by atoms with Crippen molar-refractivity contribution >= 4 is 11.6 Å². The molecule has 0 unspecified atom stereocenters. The summed E-state index contributed by atoms with van der Waals surface area (Å²) >= 11 is 0. The Balaban J connectivity index is 2.17. The highest BCUT2D eigenvalue weighted by atomic mass is 15.2. The van der Waals surface area contributed by atoms with Crippen molar-refractivity contribution < 1.29 is 0 Å². The fraction of sp³-hybridized carbons (Fsp3) is 0.765. The molecule has 0 aromatic carbocycles. The zero-order valence-electron chi connectivity index (χ0n) is 14.1. The summed E-state index contributed by atoms with van der Waals surface area (Å²) < 4.78 is 0. The first-order valence-electron chi connectivity index (χ1n) is 8.48. The minimum atomic E-state index is 0.825. The molecule has 0 saturated heterocycles. The fourth-order valence-corrected chi connectivity index (χ4v) is 3.26. The molecule has 4 nitrogen and oxygen atoms in total. The van der Waals surface area contributed by atoms with Gasteiger partial charge in [-0.3, -0.25) is 0 Å². The summed E-state index contributed by atoms with van der Waals surface area (Å²) in [6, 6.07) is 0. The molecule has 1 fully saturated rings. The molecule has 0 bridgehead atoms. The largest absolute Gasteiger partial charge is 0.370 e. The van der Waals surface area contributed by atoms with Crippen molar-refractivity contribution in [3.8, 4) is 0 Å². The Bertz CT molecular complexity index is 452. The average molecular weight is 290 g/mol. The topological polar surface area (TPSA) is 41.1 Å². The van der Waals surface area contributed by atoms with Gasteiger partial charge in [0, 0.05) is 32.1 Å². The van der Waals surface area contributed by atoms with Crippen molar-refractivity contribution in [2.75, 3.05) is 30.4 Å². The van der Waals surface area contributed by atoms with Crippen molar-refractivity contribution in [3.63, 3.8) is 0 Å². The molecule has 1 aliphatic rings. The van der Waals surface area contributed by atoms with Crippen LogP contribution in [0.2, 0.25) is 0 Å². The molecule has 0 amide bonds. The minimum Gasteiger partial charge on any atom is -0.370 e. The molecule has 1 saturated carbocycles. The number of nitrogens with one attached hydrogen (secondary N) is 1. The van der Waals surface area contributed by atoms with Gasteiger partial charge in [0.15, 0.2) is 0 Å². The first-order chi connectivity index (χ1) is 10.2. The summed E-state index contributed by atoms with van der Waals surface area (Å²) in [6.45, 7) is 8.37. The second kappa shape index (κ2) is 7.62. The van der Waals surface area contributed by atoms with E-state index in [0.29, 0.717) is 0 Å². The normalized spacial score (nSPS) is 16.0. The van der Waals surface area contributed by atoms with Crippen LogP contribution in [-0.4, -0.2) is 30.1 Å². The van der Waals surface area contributed by atoms with Crippen LogP contribution in [0.15, 0.2) is 0 Å². The molecule has 118 valence electrons. The predicted octanol–water partition coefficient (Wildman–Crippen LogP) is 3.80. The lowest BCUT2D eigenvalue weighted by Gasteiger charge is -2.29. The monoisotopic (exact) mass is 290 g/mol. The van der Waals surface area contributed by atoms with Crippen LogP contribution in [0.3, 0.4) is 0 Å². The Morgan fingerprint density at radius 1 is 1.14 bits per heavy atom. The van der Waals surface area contributed by atoms with Gasteiger partial charge in [-0.2, -0.15) is 0 Å². The smallest absolute Gasteiger partial charge is 0.137 e. The van der Waals surface area contributed by atoms with Crippen LogP contribution in [0, 0.1) is 12.8 Å². The highest BCUT2D eigenvalue weighted by Crippen LogP contribution is 2.28. The van der Waals surface area contributed by atoms with Gasteiger partial charge >= 0.3 is 0 Å². The second-order valence-electron chi connectivity index (χ2n) is 6.21. The molecular formula is C17H30N4. The number of aryl methyl sites for hydroxylation is 1. The fourth-order valence-electron chi connectivity index (χ4n) is 3.26. The van der Waals surface area contributed by atoms with E-state index in [1.807, 2.05) is 0 Å². The third kappa shape index (κ3) is 4.08. The predicted molar refractivity (Wildman–Crippen MR) is 90.2 cm³/mol. The van der Waals surface area contributed by atoms with Gasteiger partial charge in [0.2, 0.25) is 0 Å². The van der Waals surface area contributed by atoms with Crippen molar-refractivity contribution in [1.82, 2.24) is 9.97 Å². The average Bonchev–Trinajstić information content (AvgIpc) is 2.50. The zero-order valence-corrected chi connectivity index (χ0v) is 14.1. The molecule has 1 aromatic heterocycles. The summed E-state index contributed by atoms with van der Waals surface area (Å²) in [4.78, 5) is 11.7. The van der Waals surface area contributed by atoms with E-state index in [0.717, 1.165) is 42.9 Å². The molecule has 0 aliphatic heterocycles. The van der Waals surface area contributed by atoms with Crippen molar-refractivity contribution in [2.24, 2.45) is 5.92 Å². The summed E-state index contributed by atoms with van der Waals surface area (Å²) in [7, 11) is 2.18. The number of hydrogen-bond acceptors (Lipinski definition) is 4. The molecule has 1 aliphatic carbocycles. The Labute approximate surface area is 129 Å². The SMILES string of the molecule is CCNc1nc(CC)nc(N(C)CC2CCCCC2)c1C. The number of nitrogens with zero attached hydrogens (tertiary/aromatic N) is 3. The summed E-state index contributed by atoms with van der Waals surface area (Å²) in [5.41, 5.74) is 1.17. The highest BCUT2D eigenvalue weighted by Gasteiger charge is 2.19. The standard InChI is InChI=1S/C17H30N4/c1-5-15-19-16(18-6-2)13(3)17(20-15)21(4)12-14-10-8-7-9-11-14/h14H,5-12H2,1-4H3,(H,18,19,20). The maximum absolute atomic E-state index is 4.77. The van der Waals surface area contributed by atoms with Crippen LogP contribution in [0.5, 0.6) is 0 Å². The van der Waals surface area contributed by atoms with Crippen LogP contribution in [-0.2, 0) is 6.42 Å². The van der Waals surface area contributed by atoms with E-state index >= 15 is 0 Å². The van der Waals surface area contributed by atoms with Crippen LogP contribution in [0.25, 0.3) is 0 Å². The van der Waals surface area contributed by atoms with Crippen LogP contribution >= 0.6 is 0 Å². The summed E-state index contributed by atoms with van der Waals surface area (Å²) in [5.74, 6) is 3.85. The molecule has 0 radical (unpaired) electrons. The van der Waals surface area contributed by atoms with Gasteiger partial charge in [0.1, 0.15) is 17.5 Å². The third-order valence-electron chi connectivity index (χ3n) is 4.45. The second-order valence-corrected chi connectivity index (χ2v) is 6.21.